The number of carbonyl (C=O) groups is 2. The van der Waals surface area contributed by atoms with Crippen molar-refractivity contribution >= 4 is 28.3 Å². The van der Waals surface area contributed by atoms with Gasteiger partial charge in [-0.05, 0) is 35.7 Å². The first-order chi connectivity index (χ1) is 11.1. The van der Waals surface area contributed by atoms with Crippen molar-refractivity contribution in [2.45, 2.75) is 25.0 Å². The molecule has 1 amide bonds. The molecular weight excluding hydrogens is 294 g/mol. The number of nitrogens with one attached hydrogen (secondary N) is 1. The molecular formula is C18H17NO4. The van der Waals surface area contributed by atoms with Gasteiger partial charge in [0.2, 0.25) is 5.91 Å². The number of hydrogen-bond donors (Lipinski definition) is 2. The Kier molecular flexibility index (Phi) is 3.31. The molecule has 5 heteroatoms. The van der Waals surface area contributed by atoms with Crippen LogP contribution >= 0.6 is 0 Å². The maximum Gasteiger partial charge on any atom is 0.310 e. The molecule has 2 N–H and O–H groups in total. The highest BCUT2D eigenvalue weighted by molar-refractivity contribution is 5.98. The van der Waals surface area contributed by atoms with Crippen molar-refractivity contribution in [2.75, 3.05) is 5.32 Å². The monoisotopic (exact) mass is 311 g/mol. The summed E-state index contributed by atoms with van der Waals surface area (Å²) in [6.07, 6.45) is 0.873. The molecule has 23 heavy (non-hydrogen) atoms. The van der Waals surface area contributed by atoms with E-state index in [1.165, 1.54) is 0 Å². The second-order valence-electron chi connectivity index (χ2n) is 6.23. The molecule has 2 aliphatic rings. The first kappa shape index (κ1) is 14.2. The van der Waals surface area contributed by atoms with E-state index in [9.17, 15) is 14.7 Å². The van der Waals surface area contributed by atoms with Crippen LogP contribution in [0.5, 0.6) is 0 Å². The molecule has 2 aromatic carbocycles. The van der Waals surface area contributed by atoms with Gasteiger partial charge in [0.05, 0.1) is 24.0 Å². The van der Waals surface area contributed by atoms with Crippen molar-refractivity contribution in [1.29, 1.82) is 0 Å². The van der Waals surface area contributed by atoms with Crippen molar-refractivity contribution in [2.24, 2.45) is 11.8 Å². The van der Waals surface area contributed by atoms with Gasteiger partial charge in [-0.3, -0.25) is 9.59 Å². The highest BCUT2D eigenvalue weighted by Gasteiger charge is 2.55. The van der Waals surface area contributed by atoms with Crippen LogP contribution in [0.15, 0.2) is 42.5 Å². The van der Waals surface area contributed by atoms with Crippen molar-refractivity contribution in [3.05, 3.63) is 42.5 Å². The summed E-state index contributed by atoms with van der Waals surface area (Å²) in [6, 6.07) is 13.6. The topological polar surface area (TPSA) is 75.6 Å². The molecule has 5 nitrogen and oxygen atoms in total. The molecule has 2 fully saturated rings. The highest BCUT2D eigenvalue weighted by Crippen LogP contribution is 2.44. The first-order valence-corrected chi connectivity index (χ1v) is 7.81. The van der Waals surface area contributed by atoms with Crippen molar-refractivity contribution < 1.29 is 19.4 Å². The lowest BCUT2D eigenvalue weighted by molar-refractivity contribution is -0.147. The average Bonchev–Trinajstić information content (AvgIpc) is 3.15. The molecule has 2 bridgehead atoms. The summed E-state index contributed by atoms with van der Waals surface area (Å²) < 4.78 is 5.65. The lowest BCUT2D eigenvalue weighted by Crippen LogP contribution is -2.40. The van der Waals surface area contributed by atoms with Crippen LogP contribution < -0.4 is 5.32 Å². The number of fused-ring (bicyclic) bond motifs is 3. The number of carboxylic acid groups (broad SMARTS) is 1. The molecule has 2 heterocycles. The maximum absolute atomic E-state index is 12.6. The van der Waals surface area contributed by atoms with E-state index in [-0.39, 0.29) is 18.1 Å². The maximum atomic E-state index is 12.6. The number of hydrogen-bond acceptors (Lipinski definition) is 3. The molecule has 2 aromatic rings. The second-order valence-corrected chi connectivity index (χ2v) is 6.23. The summed E-state index contributed by atoms with van der Waals surface area (Å²) >= 11 is 0. The van der Waals surface area contributed by atoms with E-state index in [1.54, 1.807) is 0 Å². The number of rotatable bonds is 3. The van der Waals surface area contributed by atoms with E-state index in [1.807, 2.05) is 42.5 Å². The normalized spacial score (nSPS) is 28.9. The van der Waals surface area contributed by atoms with Gasteiger partial charge in [0.1, 0.15) is 0 Å². The smallest absolute Gasteiger partial charge is 0.310 e. The fourth-order valence-corrected chi connectivity index (χ4v) is 3.82. The Bertz CT molecular complexity index is 787. The number of carbonyl (C=O) groups excluding carboxylic acids is 1. The Hall–Kier alpha value is -2.40. The lowest BCUT2D eigenvalue weighted by Gasteiger charge is -2.23. The predicted molar refractivity (Wildman–Crippen MR) is 85.1 cm³/mol. The van der Waals surface area contributed by atoms with E-state index in [2.05, 4.69) is 5.32 Å². The van der Waals surface area contributed by atoms with Gasteiger partial charge in [0.25, 0.3) is 0 Å². The summed E-state index contributed by atoms with van der Waals surface area (Å²) in [5, 5.41) is 14.4. The molecule has 0 aliphatic carbocycles. The van der Waals surface area contributed by atoms with Gasteiger partial charge in [0, 0.05) is 5.69 Å². The van der Waals surface area contributed by atoms with Gasteiger partial charge in [-0.25, -0.2) is 0 Å². The average molecular weight is 311 g/mol. The molecule has 0 aromatic heterocycles. The third kappa shape index (κ3) is 2.37. The Morgan fingerprint density at radius 3 is 2.43 bits per heavy atom. The summed E-state index contributed by atoms with van der Waals surface area (Å²) in [5.74, 6) is -2.57. The number of aliphatic carboxylic acids is 1. The molecule has 118 valence electrons. The lowest BCUT2D eigenvalue weighted by atomic mass is 9.78. The molecule has 0 unspecified atom stereocenters. The molecule has 4 rings (SSSR count). The Morgan fingerprint density at radius 1 is 1.00 bits per heavy atom. The number of ether oxygens (including phenoxy) is 1. The number of benzene rings is 2. The molecule has 0 spiro atoms. The predicted octanol–water partition coefficient (Wildman–Crippen LogP) is 2.66. The highest BCUT2D eigenvalue weighted by atomic mass is 16.5. The minimum atomic E-state index is -0.948. The SMILES string of the molecule is O=C(Nc1ccc2ccccc2c1)[C@@H]1[C@H](C(=O)O)[C@H]2CC[C@H]1O2. The standard InChI is InChI=1S/C18H17NO4/c20-17(15-13-7-8-14(23-13)16(15)18(21)22)19-12-6-5-10-3-1-2-4-11(10)9-12/h1-6,9,13-16H,7-8H2,(H,19,20)(H,21,22)/t13-,14-,15+,16-/m1/s1. The van der Waals surface area contributed by atoms with Gasteiger partial charge >= 0.3 is 5.97 Å². The third-order valence-corrected chi connectivity index (χ3v) is 4.88. The van der Waals surface area contributed by atoms with Crippen LogP contribution in [-0.2, 0) is 14.3 Å². The summed E-state index contributed by atoms with van der Waals surface area (Å²) in [4.78, 5) is 24.1. The minimum Gasteiger partial charge on any atom is -0.481 e. The van der Waals surface area contributed by atoms with Crippen molar-refractivity contribution in [1.82, 2.24) is 0 Å². The summed E-state index contributed by atoms with van der Waals surface area (Å²) in [5.41, 5.74) is 0.681. The van der Waals surface area contributed by atoms with Crippen LogP contribution in [0.25, 0.3) is 10.8 Å². The van der Waals surface area contributed by atoms with E-state index in [4.69, 9.17) is 4.74 Å². The molecule has 0 saturated carbocycles. The van der Waals surface area contributed by atoms with Crippen LogP contribution in [-0.4, -0.2) is 29.2 Å². The van der Waals surface area contributed by atoms with E-state index in [0.717, 1.165) is 23.6 Å². The Labute approximate surface area is 133 Å². The molecule has 4 atom stereocenters. The minimum absolute atomic E-state index is 0.264. The number of anilines is 1. The van der Waals surface area contributed by atoms with E-state index >= 15 is 0 Å². The first-order valence-electron chi connectivity index (χ1n) is 7.81. The van der Waals surface area contributed by atoms with Gasteiger partial charge in [-0.2, -0.15) is 0 Å². The fourth-order valence-electron chi connectivity index (χ4n) is 3.82. The van der Waals surface area contributed by atoms with Gasteiger partial charge in [0.15, 0.2) is 0 Å². The summed E-state index contributed by atoms with van der Waals surface area (Å²) in [6.45, 7) is 0. The van der Waals surface area contributed by atoms with Crippen molar-refractivity contribution in [3.8, 4) is 0 Å². The zero-order chi connectivity index (χ0) is 16.0. The summed E-state index contributed by atoms with van der Waals surface area (Å²) in [7, 11) is 0. The largest absolute Gasteiger partial charge is 0.481 e. The van der Waals surface area contributed by atoms with Gasteiger partial charge < -0.3 is 15.2 Å². The van der Waals surface area contributed by atoms with Crippen molar-refractivity contribution in [3.63, 3.8) is 0 Å². The Morgan fingerprint density at radius 2 is 1.70 bits per heavy atom. The third-order valence-electron chi connectivity index (χ3n) is 4.88. The van der Waals surface area contributed by atoms with Crippen LogP contribution in [0.3, 0.4) is 0 Å². The van der Waals surface area contributed by atoms with Crippen LogP contribution in [0, 0.1) is 11.8 Å². The second kappa shape index (κ2) is 5.35. The fraction of sp³-hybridized carbons (Fsp3) is 0.333. The number of carboxylic acids is 1. The molecule has 0 radical (unpaired) electrons. The molecule has 2 saturated heterocycles. The number of amides is 1. The van der Waals surface area contributed by atoms with Crippen LogP contribution in [0.4, 0.5) is 5.69 Å². The van der Waals surface area contributed by atoms with E-state index < -0.39 is 17.8 Å². The zero-order valence-electron chi connectivity index (χ0n) is 12.4. The van der Waals surface area contributed by atoms with Crippen LogP contribution in [0.1, 0.15) is 12.8 Å². The van der Waals surface area contributed by atoms with Gasteiger partial charge in [-0.1, -0.05) is 30.3 Å². The zero-order valence-corrected chi connectivity index (χ0v) is 12.4. The van der Waals surface area contributed by atoms with Gasteiger partial charge in [-0.15, -0.1) is 0 Å². The quantitative estimate of drug-likeness (QED) is 0.914. The molecule has 2 aliphatic heterocycles. The van der Waals surface area contributed by atoms with Crippen LogP contribution in [0.2, 0.25) is 0 Å². The van der Waals surface area contributed by atoms with E-state index in [0.29, 0.717) is 5.69 Å². The Balaban J connectivity index is 1.57.